The normalized spacial score (nSPS) is 11.0. The molecule has 0 radical (unpaired) electrons. The van der Waals surface area contributed by atoms with E-state index in [1.54, 1.807) is 19.2 Å². The zero-order valence-electron chi connectivity index (χ0n) is 12.2. The molecule has 2 aromatic carbocycles. The van der Waals surface area contributed by atoms with Gasteiger partial charge in [-0.3, -0.25) is 0 Å². The van der Waals surface area contributed by atoms with Crippen LogP contribution in [0.4, 0.5) is 0 Å². The lowest BCUT2D eigenvalue weighted by molar-refractivity contribution is 0.415. The fourth-order valence-electron chi connectivity index (χ4n) is 2.52. The maximum absolute atomic E-state index is 9.44. The van der Waals surface area contributed by atoms with Gasteiger partial charge in [-0.15, -0.1) is 0 Å². The molecule has 0 aliphatic carbocycles. The number of methoxy groups -OCH3 is 1. The molecule has 108 valence electrons. The van der Waals surface area contributed by atoms with E-state index in [1.165, 1.54) is 0 Å². The number of aromatic nitrogens is 2. The molecule has 1 heterocycles. The number of aryl methyl sites for hydroxylation is 1. The number of hydrogen-bond donors (Lipinski definition) is 1. The van der Waals surface area contributed by atoms with Gasteiger partial charge in [0.1, 0.15) is 17.3 Å². The Hall–Kier alpha value is -2.49. The van der Waals surface area contributed by atoms with Gasteiger partial charge < -0.3 is 14.4 Å². The van der Waals surface area contributed by atoms with Crippen molar-refractivity contribution in [3.05, 3.63) is 42.5 Å². The summed E-state index contributed by atoms with van der Waals surface area (Å²) in [6.45, 7) is 3.05. The number of nitrogens with zero attached hydrogens (tertiary/aromatic N) is 2. The van der Waals surface area contributed by atoms with Crippen LogP contribution in [0.15, 0.2) is 42.5 Å². The van der Waals surface area contributed by atoms with E-state index in [-0.39, 0.29) is 5.75 Å². The van der Waals surface area contributed by atoms with Crippen LogP contribution in [0.1, 0.15) is 13.3 Å². The molecule has 0 atom stereocenters. The summed E-state index contributed by atoms with van der Waals surface area (Å²) in [6, 6.07) is 13.1. The van der Waals surface area contributed by atoms with Crippen molar-refractivity contribution in [1.29, 1.82) is 0 Å². The van der Waals surface area contributed by atoms with Crippen LogP contribution in [0.3, 0.4) is 0 Å². The van der Waals surface area contributed by atoms with Gasteiger partial charge in [-0.05, 0) is 42.8 Å². The number of imidazole rings is 1. The molecule has 4 nitrogen and oxygen atoms in total. The SMILES string of the molecule is CCCn1c(-c2ccc(O)cc2)nc2cc(OC)ccc21. The van der Waals surface area contributed by atoms with Gasteiger partial charge >= 0.3 is 0 Å². The molecule has 0 fully saturated rings. The minimum absolute atomic E-state index is 0.263. The molecule has 0 unspecified atom stereocenters. The first-order valence-electron chi connectivity index (χ1n) is 7.06. The van der Waals surface area contributed by atoms with Crippen LogP contribution in [0, 0.1) is 0 Å². The fraction of sp³-hybridized carbons (Fsp3) is 0.235. The summed E-state index contributed by atoms with van der Waals surface area (Å²) in [5.41, 5.74) is 3.02. The third-order valence-corrected chi connectivity index (χ3v) is 3.53. The van der Waals surface area contributed by atoms with Gasteiger partial charge in [0.15, 0.2) is 0 Å². The average molecular weight is 282 g/mol. The lowest BCUT2D eigenvalue weighted by Crippen LogP contribution is -1.99. The first-order valence-corrected chi connectivity index (χ1v) is 7.06. The summed E-state index contributed by atoms with van der Waals surface area (Å²) in [7, 11) is 1.66. The van der Waals surface area contributed by atoms with Gasteiger partial charge in [0.25, 0.3) is 0 Å². The van der Waals surface area contributed by atoms with Gasteiger partial charge in [0.2, 0.25) is 0 Å². The first-order chi connectivity index (χ1) is 10.2. The number of rotatable bonds is 4. The Kier molecular flexibility index (Phi) is 3.52. The Morgan fingerprint density at radius 1 is 1.14 bits per heavy atom. The summed E-state index contributed by atoms with van der Waals surface area (Å²) in [5, 5.41) is 9.44. The third kappa shape index (κ3) is 2.44. The molecule has 3 rings (SSSR count). The number of aromatic hydroxyl groups is 1. The van der Waals surface area contributed by atoms with Gasteiger partial charge in [-0.1, -0.05) is 6.92 Å². The maximum atomic E-state index is 9.44. The molecular formula is C17H18N2O2. The van der Waals surface area contributed by atoms with E-state index in [2.05, 4.69) is 11.5 Å². The van der Waals surface area contributed by atoms with Crippen molar-refractivity contribution in [1.82, 2.24) is 9.55 Å². The highest BCUT2D eigenvalue weighted by molar-refractivity contribution is 5.82. The predicted molar refractivity (Wildman–Crippen MR) is 83.7 cm³/mol. The van der Waals surface area contributed by atoms with Crippen LogP contribution in [0.25, 0.3) is 22.4 Å². The molecule has 1 N–H and O–H groups in total. The largest absolute Gasteiger partial charge is 0.508 e. The number of ether oxygens (including phenoxy) is 1. The van der Waals surface area contributed by atoms with Crippen LogP contribution in [-0.2, 0) is 6.54 Å². The van der Waals surface area contributed by atoms with Crippen LogP contribution in [0.5, 0.6) is 11.5 Å². The minimum atomic E-state index is 0.263. The van der Waals surface area contributed by atoms with Crippen LogP contribution in [-0.4, -0.2) is 21.8 Å². The van der Waals surface area contributed by atoms with Gasteiger partial charge in [0.05, 0.1) is 18.1 Å². The lowest BCUT2D eigenvalue weighted by Gasteiger charge is -2.08. The summed E-state index contributed by atoms with van der Waals surface area (Å²) in [4.78, 5) is 4.74. The molecule has 0 saturated carbocycles. The molecule has 21 heavy (non-hydrogen) atoms. The average Bonchev–Trinajstić information content (AvgIpc) is 2.86. The van der Waals surface area contributed by atoms with E-state index in [1.807, 2.05) is 30.3 Å². The number of hydrogen-bond acceptors (Lipinski definition) is 3. The number of benzene rings is 2. The highest BCUT2D eigenvalue weighted by atomic mass is 16.5. The van der Waals surface area contributed by atoms with E-state index in [0.717, 1.165) is 41.1 Å². The molecule has 4 heteroatoms. The zero-order valence-corrected chi connectivity index (χ0v) is 12.2. The molecular weight excluding hydrogens is 264 g/mol. The van der Waals surface area contributed by atoms with Crippen molar-refractivity contribution in [2.24, 2.45) is 0 Å². The quantitative estimate of drug-likeness (QED) is 0.791. The predicted octanol–water partition coefficient (Wildman–Crippen LogP) is 3.83. The van der Waals surface area contributed by atoms with Crippen molar-refractivity contribution in [3.8, 4) is 22.9 Å². The number of fused-ring (bicyclic) bond motifs is 1. The zero-order chi connectivity index (χ0) is 14.8. The molecule has 0 amide bonds. The molecule has 0 spiro atoms. The summed E-state index contributed by atoms with van der Waals surface area (Å²) in [5.74, 6) is 1.99. The topological polar surface area (TPSA) is 47.3 Å². The van der Waals surface area contributed by atoms with Crippen molar-refractivity contribution < 1.29 is 9.84 Å². The molecule has 0 aliphatic rings. The van der Waals surface area contributed by atoms with Gasteiger partial charge in [0, 0.05) is 18.2 Å². The maximum Gasteiger partial charge on any atom is 0.141 e. The molecule has 0 bridgehead atoms. The standard InChI is InChI=1S/C17H18N2O2/c1-3-10-19-16-9-8-14(21-2)11-15(16)18-17(19)12-4-6-13(20)7-5-12/h4-9,11,20H,3,10H2,1-2H3. The van der Waals surface area contributed by atoms with Crippen LogP contribution < -0.4 is 4.74 Å². The highest BCUT2D eigenvalue weighted by Gasteiger charge is 2.12. The summed E-state index contributed by atoms with van der Waals surface area (Å²) in [6.07, 6.45) is 1.03. The number of phenolic OH excluding ortho intramolecular Hbond substituents is 1. The monoisotopic (exact) mass is 282 g/mol. The first kappa shape index (κ1) is 13.5. The van der Waals surface area contributed by atoms with Crippen molar-refractivity contribution in [2.45, 2.75) is 19.9 Å². The summed E-state index contributed by atoms with van der Waals surface area (Å²) >= 11 is 0. The van der Waals surface area contributed by atoms with E-state index in [0.29, 0.717) is 0 Å². The Bertz CT molecular complexity index is 760. The second-order valence-corrected chi connectivity index (χ2v) is 4.99. The molecule has 3 aromatic rings. The van der Waals surface area contributed by atoms with Crippen LogP contribution in [0.2, 0.25) is 0 Å². The second kappa shape index (κ2) is 5.48. The second-order valence-electron chi connectivity index (χ2n) is 4.99. The van der Waals surface area contributed by atoms with Crippen molar-refractivity contribution >= 4 is 11.0 Å². The van der Waals surface area contributed by atoms with Crippen molar-refractivity contribution in [3.63, 3.8) is 0 Å². The smallest absolute Gasteiger partial charge is 0.141 e. The van der Waals surface area contributed by atoms with Gasteiger partial charge in [-0.25, -0.2) is 4.98 Å². The number of phenols is 1. The summed E-state index contributed by atoms with van der Waals surface area (Å²) < 4.78 is 7.48. The lowest BCUT2D eigenvalue weighted by atomic mass is 10.2. The molecule has 0 saturated heterocycles. The van der Waals surface area contributed by atoms with Crippen molar-refractivity contribution in [2.75, 3.05) is 7.11 Å². The Labute approximate surface area is 123 Å². The third-order valence-electron chi connectivity index (χ3n) is 3.53. The Balaban J connectivity index is 2.20. The van der Waals surface area contributed by atoms with Crippen LogP contribution >= 0.6 is 0 Å². The Morgan fingerprint density at radius 2 is 1.90 bits per heavy atom. The van der Waals surface area contributed by atoms with E-state index in [4.69, 9.17) is 9.72 Å². The fourth-order valence-corrected chi connectivity index (χ4v) is 2.52. The molecule has 1 aromatic heterocycles. The molecule has 0 aliphatic heterocycles. The minimum Gasteiger partial charge on any atom is -0.508 e. The van der Waals surface area contributed by atoms with E-state index in [9.17, 15) is 5.11 Å². The Morgan fingerprint density at radius 3 is 2.57 bits per heavy atom. The van der Waals surface area contributed by atoms with E-state index >= 15 is 0 Å². The van der Waals surface area contributed by atoms with Gasteiger partial charge in [-0.2, -0.15) is 0 Å². The van der Waals surface area contributed by atoms with E-state index < -0.39 is 0 Å². The highest BCUT2D eigenvalue weighted by Crippen LogP contribution is 2.28.